The highest BCUT2D eigenvalue weighted by atomic mass is 16.5. The van der Waals surface area contributed by atoms with E-state index in [1.807, 2.05) is 18.2 Å². The SMILES string of the molecule is COC(c1nc(O)c(-c2ccccc2)c(=O)[nH]1)C1CC1. The summed E-state index contributed by atoms with van der Waals surface area (Å²) in [5.41, 5.74) is 0.493. The van der Waals surface area contributed by atoms with E-state index in [-0.39, 0.29) is 23.1 Å². The van der Waals surface area contributed by atoms with Gasteiger partial charge < -0.3 is 14.8 Å². The summed E-state index contributed by atoms with van der Waals surface area (Å²) in [5.74, 6) is 0.528. The third kappa shape index (κ3) is 2.32. The number of nitrogens with zero attached hydrogens (tertiary/aromatic N) is 1. The molecule has 1 atom stereocenters. The van der Waals surface area contributed by atoms with Gasteiger partial charge in [0.15, 0.2) is 0 Å². The van der Waals surface area contributed by atoms with Gasteiger partial charge in [0.1, 0.15) is 17.5 Å². The number of hydrogen-bond donors (Lipinski definition) is 2. The summed E-state index contributed by atoms with van der Waals surface area (Å²) in [4.78, 5) is 19.1. The maximum absolute atomic E-state index is 12.2. The summed E-state index contributed by atoms with van der Waals surface area (Å²) in [6.45, 7) is 0. The summed E-state index contributed by atoms with van der Waals surface area (Å²) >= 11 is 0. The van der Waals surface area contributed by atoms with Crippen molar-refractivity contribution in [1.29, 1.82) is 0 Å². The number of aromatic nitrogens is 2. The second-order valence-electron chi connectivity index (χ2n) is 5.01. The van der Waals surface area contributed by atoms with Crippen LogP contribution in [0.25, 0.3) is 11.1 Å². The second kappa shape index (κ2) is 5.09. The molecule has 0 spiro atoms. The molecule has 5 nitrogen and oxygen atoms in total. The Kier molecular flexibility index (Phi) is 3.28. The molecule has 1 aromatic heterocycles. The Balaban J connectivity index is 2.05. The molecule has 0 radical (unpaired) electrons. The van der Waals surface area contributed by atoms with Gasteiger partial charge in [0.05, 0.1) is 0 Å². The number of aromatic hydroxyl groups is 1. The highest BCUT2D eigenvalue weighted by Gasteiger charge is 2.34. The van der Waals surface area contributed by atoms with Gasteiger partial charge in [0.2, 0.25) is 5.88 Å². The van der Waals surface area contributed by atoms with Crippen molar-refractivity contribution in [2.45, 2.75) is 18.9 Å². The molecule has 104 valence electrons. The molecule has 1 unspecified atom stereocenters. The van der Waals surface area contributed by atoms with Crippen LogP contribution < -0.4 is 5.56 Å². The Morgan fingerprint density at radius 1 is 1.35 bits per heavy atom. The molecule has 0 bridgehead atoms. The lowest BCUT2D eigenvalue weighted by Crippen LogP contribution is -2.18. The maximum Gasteiger partial charge on any atom is 0.262 e. The standard InChI is InChI=1S/C15H16N2O3/c1-20-12(10-7-8-10)13-16-14(18)11(15(19)17-13)9-5-3-2-4-6-9/h2-6,10,12H,7-8H2,1H3,(H2,16,17,18,19). The number of rotatable bonds is 4. The number of methoxy groups -OCH3 is 1. The van der Waals surface area contributed by atoms with Gasteiger partial charge in [0, 0.05) is 7.11 Å². The van der Waals surface area contributed by atoms with E-state index in [4.69, 9.17) is 4.74 Å². The molecule has 1 heterocycles. The van der Waals surface area contributed by atoms with Crippen LogP contribution in [-0.4, -0.2) is 22.2 Å². The molecule has 20 heavy (non-hydrogen) atoms. The first-order valence-electron chi connectivity index (χ1n) is 6.62. The molecular weight excluding hydrogens is 256 g/mol. The number of hydrogen-bond acceptors (Lipinski definition) is 4. The van der Waals surface area contributed by atoms with Crippen LogP contribution in [0.3, 0.4) is 0 Å². The molecule has 1 aliphatic rings. The Morgan fingerprint density at radius 3 is 2.60 bits per heavy atom. The Labute approximate surface area is 116 Å². The van der Waals surface area contributed by atoms with Gasteiger partial charge in [-0.2, -0.15) is 4.98 Å². The van der Waals surface area contributed by atoms with Crippen molar-refractivity contribution >= 4 is 0 Å². The predicted octanol–water partition coefficient (Wildman–Crippen LogP) is 2.24. The first kappa shape index (κ1) is 12.9. The fourth-order valence-electron chi connectivity index (χ4n) is 2.40. The van der Waals surface area contributed by atoms with Gasteiger partial charge in [0.25, 0.3) is 5.56 Å². The zero-order valence-corrected chi connectivity index (χ0v) is 11.2. The number of benzene rings is 1. The van der Waals surface area contributed by atoms with Crippen LogP contribution in [-0.2, 0) is 4.74 Å². The van der Waals surface area contributed by atoms with E-state index in [1.165, 1.54) is 0 Å². The van der Waals surface area contributed by atoms with E-state index in [1.54, 1.807) is 19.2 Å². The fourth-order valence-corrected chi connectivity index (χ4v) is 2.40. The molecule has 0 saturated heterocycles. The van der Waals surface area contributed by atoms with Crippen molar-refractivity contribution in [2.75, 3.05) is 7.11 Å². The normalized spacial score (nSPS) is 16.1. The number of H-pyrrole nitrogens is 1. The first-order valence-corrected chi connectivity index (χ1v) is 6.62. The van der Waals surface area contributed by atoms with Crippen molar-refractivity contribution in [3.05, 3.63) is 46.5 Å². The highest BCUT2D eigenvalue weighted by molar-refractivity contribution is 5.66. The first-order chi connectivity index (χ1) is 9.70. The molecule has 0 aliphatic heterocycles. The molecule has 2 aromatic rings. The summed E-state index contributed by atoms with van der Waals surface area (Å²) in [7, 11) is 1.59. The van der Waals surface area contributed by atoms with Crippen molar-refractivity contribution in [1.82, 2.24) is 9.97 Å². The van der Waals surface area contributed by atoms with Crippen molar-refractivity contribution < 1.29 is 9.84 Å². The van der Waals surface area contributed by atoms with E-state index >= 15 is 0 Å². The van der Waals surface area contributed by atoms with Crippen molar-refractivity contribution in [2.24, 2.45) is 5.92 Å². The minimum Gasteiger partial charge on any atom is -0.493 e. The predicted molar refractivity (Wildman–Crippen MR) is 74.4 cm³/mol. The Hall–Kier alpha value is -2.14. The Morgan fingerprint density at radius 2 is 2.05 bits per heavy atom. The van der Waals surface area contributed by atoms with Crippen LogP contribution in [0, 0.1) is 5.92 Å². The summed E-state index contributed by atoms with van der Waals surface area (Å²) in [5, 5.41) is 10.1. The van der Waals surface area contributed by atoms with Gasteiger partial charge in [-0.15, -0.1) is 0 Å². The Bertz CT molecular complexity index is 663. The largest absolute Gasteiger partial charge is 0.493 e. The molecule has 1 aromatic carbocycles. The lowest BCUT2D eigenvalue weighted by Gasteiger charge is -2.14. The van der Waals surface area contributed by atoms with Crippen LogP contribution in [0.4, 0.5) is 0 Å². The smallest absolute Gasteiger partial charge is 0.262 e. The summed E-state index contributed by atoms with van der Waals surface area (Å²) in [6, 6.07) is 9.00. The van der Waals surface area contributed by atoms with Crippen LogP contribution in [0.2, 0.25) is 0 Å². The van der Waals surface area contributed by atoms with Crippen LogP contribution in [0.1, 0.15) is 24.8 Å². The number of nitrogens with one attached hydrogen (secondary N) is 1. The van der Waals surface area contributed by atoms with E-state index in [9.17, 15) is 9.90 Å². The van der Waals surface area contributed by atoms with E-state index in [0.29, 0.717) is 17.3 Å². The summed E-state index contributed by atoms with van der Waals surface area (Å²) in [6.07, 6.45) is 1.87. The second-order valence-corrected chi connectivity index (χ2v) is 5.01. The third-order valence-corrected chi connectivity index (χ3v) is 3.55. The third-order valence-electron chi connectivity index (χ3n) is 3.55. The maximum atomic E-state index is 12.2. The van der Waals surface area contributed by atoms with Gasteiger partial charge >= 0.3 is 0 Å². The molecule has 2 N–H and O–H groups in total. The van der Waals surface area contributed by atoms with Gasteiger partial charge in [-0.3, -0.25) is 4.79 Å². The van der Waals surface area contributed by atoms with E-state index < -0.39 is 0 Å². The zero-order valence-electron chi connectivity index (χ0n) is 11.2. The minimum absolute atomic E-state index is 0.194. The monoisotopic (exact) mass is 272 g/mol. The average molecular weight is 272 g/mol. The lowest BCUT2D eigenvalue weighted by atomic mass is 10.1. The molecule has 1 fully saturated rings. The fraction of sp³-hybridized carbons (Fsp3) is 0.333. The van der Waals surface area contributed by atoms with E-state index in [2.05, 4.69) is 9.97 Å². The zero-order chi connectivity index (χ0) is 14.1. The number of ether oxygens (including phenoxy) is 1. The van der Waals surface area contributed by atoms with Crippen LogP contribution >= 0.6 is 0 Å². The lowest BCUT2D eigenvalue weighted by molar-refractivity contribution is 0.0764. The molecule has 0 amide bonds. The van der Waals surface area contributed by atoms with Gasteiger partial charge in [-0.05, 0) is 24.3 Å². The average Bonchev–Trinajstić information content (AvgIpc) is 3.25. The molecule has 1 aliphatic carbocycles. The van der Waals surface area contributed by atoms with Gasteiger partial charge in [-0.1, -0.05) is 30.3 Å². The van der Waals surface area contributed by atoms with Gasteiger partial charge in [-0.25, -0.2) is 0 Å². The van der Waals surface area contributed by atoms with E-state index in [0.717, 1.165) is 12.8 Å². The highest BCUT2D eigenvalue weighted by Crippen LogP contribution is 2.42. The summed E-state index contributed by atoms with van der Waals surface area (Å²) < 4.78 is 5.37. The van der Waals surface area contributed by atoms with Crippen LogP contribution in [0.15, 0.2) is 35.1 Å². The number of aromatic amines is 1. The molecule has 3 rings (SSSR count). The molecule has 5 heteroatoms. The van der Waals surface area contributed by atoms with Crippen molar-refractivity contribution in [3.63, 3.8) is 0 Å². The molecular formula is C15H16N2O3. The van der Waals surface area contributed by atoms with Crippen LogP contribution in [0.5, 0.6) is 5.88 Å². The minimum atomic E-state index is -0.346. The topological polar surface area (TPSA) is 75.2 Å². The molecule has 1 saturated carbocycles. The van der Waals surface area contributed by atoms with Crippen molar-refractivity contribution in [3.8, 4) is 17.0 Å². The quantitative estimate of drug-likeness (QED) is 0.895.